The molecule has 2 aliphatic heterocycles. The third kappa shape index (κ3) is 8.77. The zero-order chi connectivity index (χ0) is 40.8. The van der Waals surface area contributed by atoms with Gasteiger partial charge in [0.25, 0.3) is 0 Å². The Morgan fingerprint density at radius 3 is 2.05 bits per heavy atom. The molecule has 1 saturated heterocycles. The topological polar surface area (TPSA) is 76.2 Å². The number of aryl methyl sites for hydroxylation is 1. The third-order valence-corrected chi connectivity index (χ3v) is 14.0. The highest BCUT2D eigenvalue weighted by Gasteiger charge is 2.67. The Kier molecular flexibility index (Phi) is 13.0. The van der Waals surface area contributed by atoms with Gasteiger partial charge in [0.05, 0.1) is 12.6 Å². The second-order valence-corrected chi connectivity index (χ2v) is 17.8. The van der Waals surface area contributed by atoms with E-state index in [0.717, 1.165) is 57.9 Å². The van der Waals surface area contributed by atoms with Crippen molar-refractivity contribution < 1.29 is 23.9 Å². The molecule has 0 aromatic heterocycles. The highest BCUT2D eigenvalue weighted by molar-refractivity contribution is 5.78. The molecule has 4 aromatic rings. The van der Waals surface area contributed by atoms with Crippen LogP contribution in [0.4, 0.5) is 0 Å². The van der Waals surface area contributed by atoms with Gasteiger partial charge in [0.2, 0.25) is 5.91 Å². The molecule has 4 aromatic carbocycles. The number of amides is 1. The average Bonchev–Trinajstić information content (AvgIpc) is 3.60. The molecule has 4 aliphatic rings. The van der Waals surface area contributed by atoms with E-state index in [1.165, 1.54) is 66.8 Å². The van der Waals surface area contributed by atoms with Crippen LogP contribution < -0.4 is 9.47 Å². The van der Waals surface area contributed by atoms with Gasteiger partial charge in [-0.1, -0.05) is 136 Å². The minimum Gasteiger partial charge on any atom is -0.483 e. The van der Waals surface area contributed by atoms with Gasteiger partial charge in [0.1, 0.15) is 11.9 Å². The van der Waals surface area contributed by atoms with E-state index in [1.807, 2.05) is 6.07 Å². The van der Waals surface area contributed by atoms with E-state index in [2.05, 4.69) is 107 Å². The number of benzene rings is 4. The lowest BCUT2D eigenvalue weighted by atomic mass is 9.51. The Morgan fingerprint density at radius 1 is 0.780 bits per heavy atom. The quantitative estimate of drug-likeness (QED) is 0.0535. The van der Waals surface area contributed by atoms with Gasteiger partial charge in [-0.3, -0.25) is 19.3 Å². The molecular formula is C52H62N2O5. The monoisotopic (exact) mass is 794 g/mol. The Labute approximate surface area is 351 Å². The van der Waals surface area contributed by atoms with E-state index in [4.69, 9.17) is 9.47 Å². The fraction of sp³-hybridized carbons (Fsp3) is 0.481. The van der Waals surface area contributed by atoms with Crippen molar-refractivity contribution in [1.29, 1.82) is 0 Å². The molecule has 310 valence electrons. The lowest BCUT2D eigenvalue weighted by molar-refractivity contribution is -0.144. The summed E-state index contributed by atoms with van der Waals surface area (Å²) in [6.45, 7) is 4.93. The zero-order valence-electron chi connectivity index (χ0n) is 35.2. The molecule has 0 radical (unpaired) electrons. The summed E-state index contributed by atoms with van der Waals surface area (Å²) in [6, 6.07) is 36.1. The first kappa shape index (κ1) is 41.0. The van der Waals surface area contributed by atoms with Gasteiger partial charge < -0.3 is 14.4 Å². The van der Waals surface area contributed by atoms with Crippen molar-refractivity contribution in [3.8, 4) is 11.5 Å². The van der Waals surface area contributed by atoms with Crippen molar-refractivity contribution in [2.75, 3.05) is 19.6 Å². The summed E-state index contributed by atoms with van der Waals surface area (Å²) in [7, 11) is 0. The number of ether oxygens (including phenoxy) is 2. The third-order valence-electron chi connectivity index (χ3n) is 14.0. The van der Waals surface area contributed by atoms with Crippen molar-refractivity contribution in [2.45, 2.75) is 133 Å². The summed E-state index contributed by atoms with van der Waals surface area (Å²) in [5, 5.41) is 0. The number of rotatable bonds is 19. The van der Waals surface area contributed by atoms with Gasteiger partial charge in [-0.2, -0.15) is 0 Å². The van der Waals surface area contributed by atoms with Gasteiger partial charge in [0.15, 0.2) is 11.5 Å². The fourth-order valence-corrected chi connectivity index (χ4v) is 11.5. The lowest BCUT2D eigenvalue weighted by Crippen LogP contribution is -2.69. The number of piperidine rings is 1. The maximum absolute atomic E-state index is 15.0. The molecule has 2 aliphatic carbocycles. The molecule has 0 N–H and O–H groups in total. The summed E-state index contributed by atoms with van der Waals surface area (Å²) >= 11 is 0. The van der Waals surface area contributed by atoms with Crippen LogP contribution in [0.5, 0.6) is 11.5 Å². The number of ketones is 1. The van der Waals surface area contributed by atoms with Gasteiger partial charge in [-0.15, -0.1) is 0 Å². The van der Waals surface area contributed by atoms with Crippen LogP contribution in [0.15, 0.2) is 103 Å². The Balaban J connectivity index is 1.04. The number of carbonyl (C=O) groups is 3. The molecule has 1 saturated carbocycles. The zero-order valence-corrected chi connectivity index (χ0v) is 35.2. The molecule has 2 heterocycles. The standard InChI is InChI=1S/C52H62N2O5/c1-37(55)35-53-33-32-52-44-29-30-45(51(52)59-50-47(58-38(2)56)31-28-42(49(50)52)34-46(44)53)54(36-43(40-23-15-10-16-24-40)41-25-17-11-18-26-41)48(57)27-19-8-6-4-3-5-7-12-20-39-21-13-9-14-22-39/h9-11,13-18,21-26,28,31,43-46,51H,3-8,12,19-20,27,29-30,32-36H2,1-2H3/t44-,45-,46+,51-,52-/m0/s1. The minimum atomic E-state index is -0.372. The Morgan fingerprint density at radius 2 is 1.41 bits per heavy atom. The average molecular weight is 795 g/mol. The Bertz CT molecular complexity index is 2010. The Hall–Kier alpha value is -4.75. The van der Waals surface area contributed by atoms with Crippen LogP contribution in [0.2, 0.25) is 0 Å². The highest BCUT2D eigenvalue weighted by Crippen LogP contribution is 2.64. The summed E-state index contributed by atoms with van der Waals surface area (Å²) < 4.78 is 13.1. The van der Waals surface area contributed by atoms with Gasteiger partial charge in [-0.25, -0.2) is 0 Å². The molecule has 0 unspecified atom stereocenters. The summed E-state index contributed by atoms with van der Waals surface area (Å²) in [6.07, 6.45) is 14.1. The normalized spacial score (nSPS) is 22.7. The van der Waals surface area contributed by atoms with Crippen LogP contribution in [0.3, 0.4) is 0 Å². The van der Waals surface area contributed by atoms with Crippen molar-refractivity contribution in [3.05, 3.63) is 131 Å². The molecule has 1 spiro atoms. The maximum Gasteiger partial charge on any atom is 0.308 e. The molecule has 59 heavy (non-hydrogen) atoms. The molecule has 5 atom stereocenters. The maximum atomic E-state index is 15.0. The van der Waals surface area contributed by atoms with E-state index in [9.17, 15) is 9.59 Å². The van der Waals surface area contributed by atoms with Gasteiger partial charge >= 0.3 is 5.97 Å². The predicted molar refractivity (Wildman–Crippen MR) is 233 cm³/mol. The molecule has 7 heteroatoms. The number of Topliss-reactive ketones (excluding diaryl/α,β-unsaturated/α-hetero) is 1. The van der Waals surface area contributed by atoms with E-state index >= 15 is 4.79 Å². The van der Waals surface area contributed by atoms with Gasteiger partial charge in [-0.05, 0) is 92.7 Å². The number of esters is 1. The van der Waals surface area contributed by atoms with E-state index in [1.54, 1.807) is 6.92 Å². The van der Waals surface area contributed by atoms with E-state index in [-0.39, 0.29) is 53.1 Å². The highest BCUT2D eigenvalue weighted by atomic mass is 16.6. The first-order valence-electron chi connectivity index (χ1n) is 22.5. The van der Waals surface area contributed by atoms with Crippen LogP contribution in [0.1, 0.15) is 125 Å². The van der Waals surface area contributed by atoms with E-state index in [0.29, 0.717) is 31.0 Å². The molecule has 7 nitrogen and oxygen atoms in total. The van der Waals surface area contributed by atoms with Gasteiger partial charge in [0, 0.05) is 42.8 Å². The number of likely N-dealkylation sites (tertiary alicyclic amines) is 1. The molecule has 8 rings (SSSR count). The summed E-state index contributed by atoms with van der Waals surface area (Å²) in [5.74, 6) is 1.44. The second kappa shape index (κ2) is 18.7. The lowest BCUT2D eigenvalue weighted by Gasteiger charge is -2.60. The fourth-order valence-electron chi connectivity index (χ4n) is 11.5. The number of hydrogen-bond donors (Lipinski definition) is 0. The van der Waals surface area contributed by atoms with Crippen LogP contribution >= 0.6 is 0 Å². The SMILES string of the molecule is CC(=O)CN1CC[C@]23c4c5ccc(OC(C)=O)c4O[C@H]2[C@@H](N(CC(c2ccccc2)c2ccccc2)C(=O)CCCCCCCCCCc2ccccc2)CC[C@H]3[C@H]1C5. The molecular weight excluding hydrogens is 733 g/mol. The number of unbranched alkanes of at least 4 members (excludes halogenated alkanes) is 7. The molecule has 1 amide bonds. The summed E-state index contributed by atoms with van der Waals surface area (Å²) in [5.41, 5.74) is 5.87. The van der Waals surface area contributed by atoms with E-state index < -0.39 is 0 Å². The predicted octanol–water partition coefficient (Wildman–Crippen LogP) is 10.0. The minimum absolute atomic E-state index is 0.00840. The first-order chi connectivity index (χ1) is 28.8. The van der Waals surface area contributed by atoms with Crippen molar-refractivity contribution in [3.63, 3.8) is 0 Å². The van der Waals surface area contributed by atoms with Crippen molar-refractivity contribution >= 4 is 17.7 Å². The smallest absolute Gasteiger partial charge is 0.308 e. The molecule has 2 bridgehead atoms. The van der Waals surface area contributed by atoms with Crippen LogP contribution in [-0.2, 0) is 32.6 Å². The number of hydrogen-bond acceptors (Lipinski definition) is 6. The molecule has 2 fully saturated rings. The summed E-state index contributed by atoms with van der Waals surface area (Å²) in [4.78, 5) is 44.6. The second-order valence-electron chi connectivity index (χ2n) is 17.8. The van der Waals surface area contributed by atoms with Crippen LogP contribution in [-0.4, -0.2) is 65.3 Å². The van der Waals surface area contributed by atoms with Crippen molar-refractivity contribution in [2.24, 2.45) is 5.92 Å². The largest absolute Gasteiger partial charge is 0.483 e. The first-order valence-corrected chi connectivity index (χ1v) is 22.5. The number of nitrogens with zero attached hydrogens (tertiary/aromatic N) is 2. The number of carbonyl (C=O) groups excluding carboxylic acids is 3. The van der Waals surface area contributed by atoms with Crippen molar-refractivity contribution in [1.82, 2.24) is 9.80 Å². The van der Waals surface area contributed by atoms with Crippen LogP contribution in [0.25, 0.3) is 0 Å². The van der Waals surface area contributed by atoms with Crippen LogP contribution in [0, 0.1) is 5.92 Å².